The zero-order valence-corrected chi connectivity index (χ0v) is 25.0. The first-order valence-electron chi connectivity index (χ1n) is 14.3. The molecule has 0 saturated heterocycles. The van der Waals surface area contributed by atoms with Gasteiger partial charge in [0.15, 0.2) is 0 Å². The number of carbonyl (C=O) groups excluding carboxylic acids is 1. The van der Waals surface area contributed by atoms with Gasteiger partial charge in [0, 0.05) is 17.9 Å². The summed E-state index contributed by atoms with van der Waals surface area (Å²) in [6, 6.07) is 33.5. The smallest absolute Gasteiger partial charge is 0.338 e. The van der Waals surface area contributed by atoms with Crippen LogP contribution in [-0.2, 0) is 28.3 Å². The molecule has 44 heavy (non-hydrogen) atoms. The summed E-state index contributed by atoms with van der Waals surface area (Å²) in [5, 5.41) is 8.45. The molecule has 1 aliphatic rings. The van der Waals surface area contributed by atoms with E-state index in [1.54, 1.807) is 22.9 Å². The molecule has 0 spiro atoms. The summed E-state index contributed by atoms with van der Waals surface area (Å²) < 4.78 is 27.7. The Morgan fingerprint density at radius 3 is 2.32 bits per heavy atom. The fraction of sp³-hybridized carbons (Fsp3) is 0.171. The highest BCUT2D eigenvalue weighted by atomic mass is 32.2. The van der Waals surface area contributed by atoms with Crippen LogP contribution in [0.5, 0.6) is 5.75 Å². The number of hydrogen-bond acceptors (Lipinski definition) is 7. The number of anilines is 1. The monoisotopic (exact) mass is 606 g/mol. The third-order valence-corrected chi connectivity index (χ3v) is 8.17. The molecule has 1 aliphatic heterocycles. The summed E-state index contributed by atoms with van der Waals surface area (Å²) in [5.41, 5.74) is 4.55. The van der Waals surface area contributed by atoms with E-state index < -0.39 is 12.0 Å². The Morgan fingerprint density at radius 1 is 0.909 bits per heavy atom. The number of allylic oxidation sites excluding steroid dienone is 1. The quantitative estimate of drug-likeness (QED) is 0.124. The number of nitrogens with one attached hydrogen (secondary N) is 1. The van der Waals surface area contributed by atoms with Crippen LogP contribution in [-0.4, -0.2) is 27.3 Å². The first-order valence-corrected chi connectivity index (χ1v) is 15.3. The van der Waals surface area contributed by atoms with Gasteiger partial charge in [-0.2, -0.15) is 4.98 Å². The maximum atomic E-state index is 14.2. The molecule has 7 nitrogen and oxygen atoms in total. The number of hydrogen-bond donors (Lipinski definition) is 1. The van der Waals surface area contributed by atoms with Crippen molar-refractivity contribution in [3.63, 3.8) is 0 Å². The third-order valence-electron chi connectivity index (χ3n) is 7.28. The van der Waals surface area contributed by atoms with Gasteiger partial charge in [0.05, 0.1) is 12.2 Å². The average Bonchev–Trinajstić information content (AvgIpc) is 3.46. The summed E-state index contributed by atoms with van der Waals surface area (Å²) in [6.07, 6.45) is 0.797. The van der Waals surface area contributed by atoms with Gasteiger partial charge in [-0.25, -0.2) is 13.9 Å². The van der Waals surface area contributed by atoms with E-state index in [2.05, 4.69) is 22.4 Å². The molecule has 1 N–H and O–H groups in total. The molecule has 0 fully saturated rings. The molecular weight excluding hydrogens is 575 g/mol. The molecule has 2 heterocycles. The van der Waals surface area contributed by atoms with Gasteiger partial charge < -0.3 is 14.8 Å². The molecule has 9 heteroatoms. The molecule has 0 radical (unpaired) electrons. The van der Waals surface area contributed by atoms with Gasteiger partial charge in [0.2, 0.25) is 11.1 Å². The fourth-order valence-corrected chi connectivity index (χ4v) is 5.82. The Hall–Kier alpha value is -4.89. The summed E-state index contributed by atoms with van der Waals surface area (Å²) in [5.74, 6) is 0.869. The van der Waals surface area contributed by atoms with Crippen molar-refractivity contribution in [1.29, 1.82) is 0 Å². The maximum Gasteiger partial charge on any atom is 0.338 e. The predicted molar refractivity (Wildman–Crippen MR) is 169 cm³/mol. The van der Waals surface area contributed by atoms with Crippen LogP contribution in [0.3, 0.4) is 0 Å². The second-order valence-corrected chi connectivity index (χ2v) is 11.3. The Bertz CT molecular complexity index is 1760. The van der Waals surface area contributed by atoms with Gasteiger partial charge >= 0.3 is 5.97 Å². The normalized spacial score (nSPS) is 14.1. The lowest BCUT2D eigenvalue weighted by atomic mass is 9.95. The van der Waals surface area contributed by atoms with Crippen molar-refractivity contribution in [3.8, 4) is 5.75 Å². The van der Waals surface area contributed by atoms with Gasteiger partial charge in [0.1, 0.15) is 24.2 Å². The Morgan fingerprint density at radius 2 is 1.59 bits per heavy atom. The highest BCUT2D eigenvalue weighted by Gasteiger charge is 2.35. The van der Waals surface area contributed by atoms with Crippen LogP contribution in [0.4, 0.5) is 10.3 Å². The van der Waals surface area contributed by atoms with E-state index in [0.29, 0.717) is 40.3 Å². The lowest BCUT2D eigenvalue weighted by molar-refractivity contribution is -0.140. The first-order chi connectivity index (χ1) is 21.5. The van der Waals surface area contributed by atoms with E-state index >= 15 is 0 Å². The molecule has 0 saturated carbocycles. The summed E-state index contributed by atoms with van der Waals surface area (Å²) in [7, 11) is 0. The van der Waals surface area contributed by atoms with Gasteiger partial charge in [-0.1, -0.05) is 103 Å². The Labute approximate surface area is 259 Å². The summed E-state index contributed by atoms with van der Waals surface area (Å²) in [6.45, 7) is 2.52. The fourth-order valence-electron chi connectivity index (χ4n) is 5.00. The number of thioether (sulfide) groups is 1. The van der Waals surface area contributed by atoms with Gasteiger partial charge in [0.25, 0.3) is 0 Å². The molecule has 4 aromatic carbocycles. The minimum Gasteiger partial charge on any atom is -0.493 e. The molecule has 0 amide bonds. The van der Waals surface area contributed by atoms with Gasteiger partial charge in [-0.15, -0.1) is 5.10 Å². The van der Waals surface area contributed by atoms with Crippen LogP contribution in [0.25, 0.3) is 0 Å². The van der Waals surface area contributed by atoms with E-state index in [0.717, 1.165) is 23.3 Å². The highest BCUT2D eigenvalue weighted by molar-refractivity contribution is 7.98. The van der Waals surface area contributed by atoms with Crippen LogP contribution in [0.15, 0.2) is 126 Å². The van der Waals surface area contributed by atoms with Crippen LogP contribution < -0.4 is 10.1 Å². The zero-order valence-electron chi connectivity index (χ0n) is 24.2. The molecule has 1 atom stereocenters. The van der Waals surface area contributed by atoms with Crippen molar-refractivity contribution in [2.45, 2.75) is 36.9 Å². The van der Waals surface area contributed by atoms with Crippen LogP contribution in [0, 0.1) is 5.82 Å². The summed E-state index contributed by atoms with van der Waals surface area (Å²) in [4.78, 5) is 18.3. The second kappa shape index (κ2) is 13.6. The lowest BCUT2D eigenvalue weighted by Crippen LogP contribution is -2.29. The number of rotatable bonds is 11. The van der Waals surface area contributed by atoms with E-state index in [4.69, 9.17) is 14.6 Å². The number of nitrogens with zero attached hydrogens (tertiary/aromatic N) is 3. The number of halogens is 1. The van der Waals surface area contributed by atoms with Crippen LogP contribution in [0.2, 0.25) is 0 Å². The van der Waals surface area contributed by atoms with Crippen molar-refractivity contribution in [3.05, 3.63) is 149 Å². The highest BCUT2D eigenvalue weighted by Crippen LogP contribution is 2.38. The molecular formula is C35H31FN4O3S. The average molecular weight is 607 g/mol. The van der Waals surface area contributed by atoms with Gasteiger partial charge in [-0.05, 0) is 47.4 Å². The Balaban J connectivity index is 1.24. The lowest BCUT2D eigenvalue weighted by Gasteiger charge is -2.28. The largest absolute Gasteiger partial charge is 0.493 e. The van der Waals surface area contributed by atoms with Crippen molar-refractivity contribution >= 4 is 23.7 Å². The van der Waals surface area contributed by atoms with Crippen molar-refractivity contribution in [2.24, 2.45) is 0 Å². The van der Waals surface area contributed by atoms with Crippen LogP contribution in [0.1, 0.15) is 35.2 Å². The van der Waals surface area contributed by atoms with E-state index in [-0.39, 0.29) is 12.4 Å². The second-order valence-electron chi connectivity index (χ2n) is 10.3. The number of benzene rings is 4. The van der Waals surface area contributed by atoms with Crippen LogP contribution >= 0.6 is 11.8 Å². The SMILES string of the molecule is CC1=C(C(=O)OCc2ccccc2)C(c2ccc(OCCc3ccccc3)cc2)n2nc(SCc3ccccc3F)nc2N1. The van der Waals surface area contributed by atoms with Gasteiger partial charge in [-0.3, -0.25) is 0 Å². The summed E-state index contributed by atoms with van der Waals surface area (Å²) >= 11 is 1.33. The molecule has 222 valence electrons. The molecule has 5 aromatic rings. The number of fused-ring (bicyclic) bond motifs is 1. The van der Waals surface area contributed by atoms with E-state index in [1.807, 2.05) is 79.7 Å². The Kier molecular flexibility index (Phi) is 9.03. The van der Waals surface area contributed by atoms with E-state index in [9.17, 15) is 9.18 Å². The minimum atomic E-state index is -0.594. The predicted octanol–water partition coefficient (Wildman–Crippen LogP) is 7.36. The maximum absolute atomic E-state index is 14.2. The standard InChI is InChI=1S/C35H31FN4O3S/c1-24-31(33(41)43-22-26-12-6-3-7-13-26)32(27-16-18-29(19-17-27)42-21-20-25-10-4-2-5-11-25)40-34(37-24)38-35(39-40)44-23-28-14-8-9-15-30(28)36/h2-19,32H,20-23H2,1H3,(H,37,38,39). The van der Waals surface area contributed by atoms with Crippen molar-refractivity contribution < 1.29 is 18.7 Å². The number of ether oxygens (including phenoxy) is 2. The van der Waals surface area contributed by atoms with E-state index in [1.165, 1.54) is 23.4 Å². The number of esters is 1. The number of aromatic nitrogens is 3. The molecule has 0 bridgehead atoms. The zero-order chi connectivity index (χ0) is 30.3. The molecule has 0 aliphatic carbocycles. The topological polar surface area (TPSA) is 78.3 Å². The van der Waals surface area contributed by atoms with Crippen molar-refractivity contribution in [2.75, 3.05) is 11.9 Å². The third kappa shape index (κ3) is 6.84. The molecule has 6 rings (SSSR count). The number of carbonyl (C=O) groups is 1. The molecule has 1 aromatic heterocycles. The van der Waals surface area contributed by atoms with Crippen molar-refractivity contribution in [1.82, 2.24) is 14.8 Å². The molecule has 1 unspecified atom stereocenters. The minimum absolute atomic E-state index is 0.144. The first kappa shape index (κ1) is 29.2.